The summed E-state index contributed by atoms with van der Waals surface area (Å²) in [6.07, 6.45) is 0.513. The summed E-state index contributed by atoms with van der Waals surface area (Å²) >= 11 is 1.73. The maximum Gasteiger partial charge on any atom is 0.410 e. The summed E-state index contributed by atoms with van der Waals surface area (Å²) in [5.41, 5.74) is 2.12. The minimum atomic E-state index is -0.561. The van der Waals surface area contributed by atoms with Gasteiger partial charge in [-0.25, -0.2) is 13.6 Å². The first-order valence-electron chi connectivity index (χ1n) is 11.1. The summed E-state index contributed by atoms with van der Waals surface area (Å²) in [5.74, 6) is -0.150. The zero-order chi connectivity index (χ0) is 22.8. The lowest BCUT2D eigenvalue weighted by molar-refractivity contribution is 0.0151. The van der Waals surface area contributed by atoms with Crippen molar-refractivity contribution in [3.8, 4) is 11.1 Å². The average molecular weight is 459 g/mol. The third-order valence-corrected chi connectivity index (χ3v) is 7.89. The number of carbonyl (C=O) groups excluding carboxylic acids is 1. The van der Waals surface area contributed by atoms with Gasteiger partial charge >= 0.3 is 6.09 Å². The van der Waals surface area contributed by atoms with E-state index in [0.29, 0.717) is 18.7 Å². The quantitative estimate of drug-likeness (QED) is 0.522. The summed E-state index contributed by atoms with van der Waals surface area (Å²) in [6, 6.07) is 7.84. The molecule has 0 aromatic heterocycles. The van der Waals surface area contributed by atoms with Gasteiger partial charge in [0.25, 0.3) is 0 Å². The number of anilines is 1. The number of carbonyl (C=O) groups is 1. The molecule has 32 heavy (non-hydrogen) atoms. The first-order valence-corrected chi connectivity index (χ1v) is 12.1. The maximum atomic E-state index is 14.6. The Labute approximate surface area is 191 Å². The summed E-state index contributed by atoms with van der Waals surface area (Å²) < 4.78 is 34.9. The number of thioether (sulfide) groups is 1. The Bertz CT molecular complexity index is 1080. The second-order valence-electron chi connectivity index (χ2n) is 10.1. The van der Waals surface area contributed by atoms with Crippen molar-refractivity contribution < 1.29 is 18.3 Å². The lowest BCUT2D eigenvalue weighted by Crippen LogP contribution is -2.57. The summed E-state index contributed by atoms with van der Waals surface area (Å²) in [5, 5.41) is 0. The van der Waals surface area contributed by atoms with Crippen molar-refractivity contribution in [1.29, 1.82) is 0 Å². The Morgan fingerprint density at radius 1 is 1.19 bits per heavy atom. The number of piperidine rings is 1. The Kier molecular flexibility index (Phi) is 4.97. The van der Waals surface area contributed by atoms with Gasteiger partial charge in [-0.1, -0.05) is 6.07 Å². The van der Waals surface area contributed by atoms with Gasteiger partial charge in [0.2, 0.25) is 0 Å². The first-order chi connectivity index (χ1) is 15.1. The fourth-order valence-electron chi connectivity index (χ4n) is 5.37. The van der Waals surface area contributed by atoms with Gasteiger partial charge in [0.1, 0.15) is 17.2 Å². The molecule has 0 spiro atoms. The molecule has 0 aliphatic carbocycles. The molecule has 1 amide bonds. The SMILES string of the molecule is CC(C)(C)OC(=O)N1CCC2(C)C(C1)c1cc(-c3c(F)cccc3F)cc3c1N2CCS3. The third-order valence-electron chi connectivity index (χ3n) is 6.88. The van der Waals surface area contributed by atoms with E-state index in [1.807, 2.05) is 32.9 Å². The van der Waals surface area contributed by atoms with Crippen molar-refractivity contribution in [3.63, 3.8) is 0 Å². The molecule has 3 aliphatic heterocycles. The fraction of sp³-hybridized carbons (Fsp3) is 0.480. The van der Waals surface area contributed by atoms with Crippen molar-refractivity contribution in [2.75, 3.05) is 30.3 Å². The lowest BCUT2D eigenvalue weighted by Gasteiger charge is -2.48. The molecule has 3 heterocycles. The second kappa shape index (κ2) is 7.37. The van der Waals surface area contributed by atoms with E-state index >= 15 is 0 Å². The Morgan fingerprint density at radius 2 is 1.91 bits per heavy atom. The summed E-state index contributed by atoms with van der Waals surface area (Å²) in [6.45, 7) is 9.95. The first kappa shape index (κ1) is 21.6. The monoisotopic (exact) mass is 458 g/mol. The van der Waals surface area contributed by atoms with Crippen LogP contribution in [-0.2, 0) is 4.74 Å². The molecular formula is C25H28F2N2O2S. The van der Waals surface area contributed by atoms with Gasteiger partial charge in [-0.2, -0.15) is 0 Å². The highest BCUT2D eigenvalue weighted by molar-refractivity contribution is 7.99. The van der Waals surface area contributed by atoms with E-state index in [-0.39, 0.29) is 23.1 Å². The van der Waals surface area contributed by atoms with E-state index in [1.54, 1.807) is 16.7 Å². The van der Waals surface area contributed by atoms with E-state index in [0.717, 1.165) is 29.2 Å². The molecular weight excluding hydrogens is 430 g/mol. The van der Waals surface area contributed by atoms with Crippen LogP contribution in [0.3, 0.4) is 0 Å². The smallest absolute Gasteiger partial charge is 0.410 e. The number of rotatable bonds is 1. The van der Waals surface area contributed by atoms with Gasteiger partial charge in [0.05, 0.1) is 11.3 Å². The number of hydrogen-bond acceptors (Lipinski definition) is 4. The Morgan fingerprint density at radius 3 is 2.59 bits per heavy atom. The van der Waals surface area contributed by atoms with Crippen LogP contribution >= 0.6 is 11.8 Å². The van der Waals surface area contributed by atoms with E-state index in [9.17, 15) is 13.6 Å². The van der Waals surface area contributed by atoms with Crippen LogP contribution in [0, 0.1) is 11.6 Å². The van der Waals surface area contributed by atoms with Gasteiger partial charge in [0, 0.05) is 41.7 Å². The summed E-state index contributed by atoms with van der Waals surface area (Å²) in [7, 11) is 0. The van der Waals surface area contributed by atoms with Crippen LogP contribution in [-0.4, -0.2) is 47.5 Å². The van der Waals surface area contributed by atoms with Gasteiger partial charge in [-0.3, -0.25) is 0 Å². The number of nitrogens with zero attached hydrogens (tertiary/aromatic N) is 2. The number of halogens is 2. The standard InChI is InChI=1S/C25H28F2N2O2S/c1-24(2,3)31-23(30)28-9-8-25(4)17(14-28)16-12-15(21-18(26)6-5-7-19(21)27)13-20-22(16)29(25)10-11-32-20/h5-7,12-13,17H,8-11,14H2,1-4H3. The topological polar surface area (TPSA) is 32.8 Å². The van der Waals surface area contributed by atoms with Crippen LogP contribution in [0.2, 0.25) is 0 Å². The molecule has 0 bridgehead atoms. The highest BCUT2D eigenvalue weighted by atomic mass is 32.2. The van der Waals surface area contributed by atoms with Gasteiger partial charge in [-0.05, 0) is 69.5 Å². The normalized spacial score (nSPS) is 24.2. The molecule has 2 unspecified atom stereocenters. The van der Waals surface area contributed by atoms with Crippen molar-refractivity contribution >= 4 is 23.5 Å². The van der Waals surface area contributed by atoms with Gasteiger partial charge in [0.15, 0.2) is 0 Å². The van der Waals surface area contributed by atoms with Gasteiger partial charge in [-0.15, -0.1) is 11.8 Å². The number of benzene rings is 2. The van der Waals surface area contributed by atoms with E-state index in [1.165, 1.54) is 23.9 Å². The van der Waals surface area contributed by atoms with E-state index in [2.05, 4.69) is 11.8 Å². The molecule has 170 valence electrons. The highest BCUT2D eigenvalue weighted by Gasteiger charge is 2.53. The molecule has 1 fully saturated rings. The maximum absolute atomic E-state index is 14.6. The van der Waals surface area contributed by atoms with Crippen LogP contribution in [0.4, 0.5) is 19.3 Å². The van der Waals surface area contributed by atoms with Crippen molar-refractivity contribution in [2.24, 2.45) is 0 Å². The number of fused-ring (bicyclic) bond motifs is 3. The van der Waals surface area contributed by atoms with Crippen LogP contribution in [0.15, 0.2) is 35.2 Å². The van der Waals surface area contributed by atoms with Crippen molar-refractivity contribution in [1.82, 2.24) is 4.90 Å². The zero-order valence-electron chi connectivity index (χ0n) is 18.9. The zero-order valence-corrected chi connectivity index (χ0v) is 19.7. The summed E-state index contributed by atoms with van der Waals surface area (Å²) in [4.78, 5) is 18.1. The van der Waals surface area contributed by atoms with E-state index in [4.69, 9.17) is 4.74 Å². The fourth-order valence-corrected chi connectivity index (χ4v) is 6.44. The predicted molar refractivity (Wildman–Crippen MR) is 123 cm³/mol. The lowest BCUT2D eigenvalue weighted by atomic mass is 9.77. The molecule has 1 saturated heterocycles. The number of amides is 1. The molecule has 5 rings (SSSR count). The van der Waals surface area contributed by atoms with Gasteiger partial charge < -0.3 is 14.5 Å². The minimum Gasteiger partial charge on any atom is -0.444 e. The van der Waals surface area contributed by atoms with Crippen LogP contribution < -0.4 is 4.90 Å². The van der Waals surface area contributed by atoms with Crippen LogP contribution in [0.5, 0.6) is 0 Å². The predicted octanol–water partition coefficient (Wildman–Crippen LogP) is 6.04. The molecule has 0 radical (unpaired) electrons. The number of likely N-dealkylation sites (tertiary alicyclic amines) is 1. The molecule has 0 saturated carbocycles. The van der Waals surface area contributed by atoms with Crippen LogP contribution in [0.25, 0.3) is 11.1 Å². The van der Waals surface area contributed by atoms with E-state index < -0.39 is 17.2 Å². The van der Waals surface area contributed by atoms with Crippen molar-refractivity contribution in [2.45, 2.75) is 56.1 Å². The Balaban J connectivity index is 1.59. The number of ether oxygens (including phenoxy) is 1. The minimum absolute atomic E-state index is 0.0117. The van der Waals surface area contributed by atoms with Crippen molar-refractivity contribution in [3.05, 3.63) is 47.5 Å². The second-order valence-corrected chi connectivity index (χ2v) is 11.2. The number of hydrogen-bond donors (Lipinski definition) is 0. The third kappa shape index (κ3) is 3.36. The van der Waals surface area contributed by atoms with Crippen LogP contribution in [0.1, 0.15) is 45.6 Å². The highest BCUT2D eigenvalue weighted by Crippen LogP contribution is 2.57. The Hall–Kier alpha value is -2.28. The molecule has 3 aliphatic rings. The molecule has 2 aromatic rings. The molecule has 2 aromatic carbocycles. The molecule has 0 N–H and O–H groups in total. The average Bonchev–Trinajstić information content (AvgIpc) is 2.96. The largest absolute Gasteiger partial charge is 0.444 e. The molecule has 7 heteroatoms. The molecule has 2 atom stereocenters. The molecule has 4 nitrogen and oxygen atoms in total.